The van der Waals surface area contributed by atoms with Crippen molar-refractivity contribution in [3.63, 3.8) is 0 Å². The van der Waals surface area contributed by atoms with Crippen LogP contribution in [0.2, 0.25) is 0 Å². The zero-order valence-electron chi connectivity index (χ0n) is 27.5. The predicted molar refractivity (Wildman–Crippen MR) is 195 cm³/mol. The zero-order chi connectivity index (χ0) is 35.8. The van der Waals surface area contributed by atoms with E-state index in [9.17, 15) is 26.3 Å². The lowest BCUT2D eigenvalue weighted by Crippen LogP contribution is -2.11. The van der Waals surface area contributed by atoms with Gasteiger partial charge < -0.3 is 4.42 Å². The Morgan fingerprint density at radius 1 is 0.538 bits per heavy atom. The molecule has 1 nitrogen and oxygen atoms in total. The summed E-state index contributed by atoms with van der Waals surface area (Å²) >= 11 is 1.56. The van der Waals surface area contributed by atoms with E-state index in [-0.39, 0.29) is 0 Å². The van der Waals surface area contributed by atoms with Gasteiger partial charge in [-0.2, -0.15) is 26.3 Å². The summed E-state index contributed by atoms with van der Waals surface area (Å²) in [5.74, 6) is 0.510. The summed E-state index contributed by atoms with van der Waals surface area (Å²) in [4.78, 5) is 0.910. The van der Waals surface area contributed by atoms with E-state index >= 15 is 0 Å². The molecule has 6 aromatic carbocycles. The summed E-state index contributed by atoms with van der Waals surface area (Å²) in [5.41, 5.74) is 5.95. The highest BCUT2D eigenvalue weighted by atomic mass is 32.1. The Hall–Kier alpha value is -5.60. The summed E-state index contributed by atoms with van der Waals surface area (Å²) < 4.78 is 92.1. The SMILES string of the molecule is Cc1cc(C2=c3cc4cc5c(cc4cc3-c3c2oc2ccccc32)=C(c2cc(C)cc(C(F)(F)F)c2)c2sc3ccccc3c2-5)cc(C(F)(F)F)c1. The van der Waals surface area contributed by atoms with Crippen molar-refractivity contribution in [3.8, 4) is 22.3 Å². The van der Waals surface area contributed by atoms with Crippen LogP contribution in [0.15, 0.2) is 114 Å². The number of halogens is 6. The second-order valence-electron chi connectivity index (χ2n) is 13.7. The number of furan rings is 1. The number of para-hydroxylation sites is 1. The van der Waals surface area contributed by atoms with Crippen molar-refractivity contribution in [1.82, 2.24) is 0 Å². The van der Waals surface area contributed by atoms with Gasteiger partial charge in [-0.25, -0.2) is 0 Å². The molecule has 0 atom stereocenters. The summed E-state index contributed by atoms with van der Waals surface area (Å²) in [5, 5.41) is 5.17. The Morgan fingerprint density at radius 3 is 1.71 bits per heavy atom. The number of aryl methyl sites for hydroxylation is 2. The molecule has 254 valence electrons. The molecular formula is C44H24F6OS. The second-order valence-corrected chi connectivity index (χ2v) is 14.7. The van der Waals surface area contributed by atoms with Crippen LogP contribution in [0.4, 0.5) is 26.3 Å². The normalized spacial score (nSPS) is 13.7. The quantitative estimate of drug-likeness (QED) is 0.163. The molecule has 0 fully saturated rings. The first-order chi connectivity index (χ1) is 24.8. The lowest BCUT2D eigenvalue weighted by molar-refractivity contribution is -0.138. The van der Waals surface area contributed by atoms with Crippen LogP contribution in [-0.4, -0.2) is 0 Å². The third-order valence-electron chi connectivity index (χ3n) is 10.2. The fraction of sp³-hybridized carbons (Fsp3) is 0.0909. The average molecular weight is 715 g/mol. The number of alkyl halides is 6. The maximum atomic E-state index is 14.1. The van der Waals surface area contributed by atoms with Gasteiger partial charge in [0, 0.05) is 42.6 Å². The van der Waals surface area contributed by atoms with Gasteiger partial charge in [0.15, 0.2) is 0 Å². The van der Waals surface area contributed by atoms with E-state index in [2.05, 4.69) is 6.07 Å². The van der Waals surface area contributed by atoms with E-state index in [4.69, 9.17) is 4.42 Å². The Kier molecular flexibility index (Phi) is 6.28. The van der Waals surface area contributed by atoms with Crippen LogP contribution < -0.4 is 10.4 Å². The van der Waals surface area contributed by atoms with E-state index in [1.54, 1.807) is 31.3 Å². The molecule has 0 unspecified atom stereocenters. The maximum Gasteiger partial charge on any atom is 0.416 e. The van der Waals surface area contributed by atoms with Gasteiger partial charge in [-0.3, -0.25) is 0 Å². The highest BCUT2D eigenvalue weighted by Crippen LogP contribution is 2.49. The molecule has 0 radical (unpaired) electrons. The smallest absolute Gasteiger partial charge is 0.416 e. The van der Waals surface area contributed by atoms with E-state index in [1.807, 2.05) is 72.8 Å². The van der Waals surface area contributed by atoms with Crippen LogP contribution in [0, 0.1) is 13.8 Å². The molecule has 0 amide bonds. The van der Waals surface area contributed by atoms with Gasteiger partial charge in [-0.05, 0) is 129 Å². The Bertz CT molecular complexity index is 2810. The molecule has 0 saturated carbocycles. The molecule has 2 heterocycles. The molecule has 8 aromatic rings. The van der Waals surface area contributed by atoms with Gasteiger partial charge in [0.1, 0.15) is 11.3 Å². The summed E-state index contributed by atoms with van der Waals surface area (Å²) in [7, 11) is 0. The number of hydrogen-bond acceptors (Lipinski definition) is 2. The minimum Gasteiger partial charge on any atom is -0.455 e. The average Bonchev–Trinajstić information content (AvgIpc) is 3.81. The molecule has 2 aromatic heterocycles. The molecule has 2 aliphatic carbocycles. The van der Waals surface area contributed by atoms with Gasteiger partial charge in [0.2, 0.25) is 0 Å². The van der Waals surface area contributed by atoms with Crippen molar-refractivity contribution in [1.29, 1.82) is 0 Å². The Balaban J connectivity index is 1.32. The van der Waals surface area contributed by atoms with Crippen LogP contribution in [0.25, 0.3) is 65.2 Å². The molecule has 52 heavy (non-hydrogen) atoms. The van der Waals surface area contributed by atoms with Crippen molar-refractivity contribution in [2.45, 2.75) is 26.2 Å². The molecule has 0 spiro atoms. The molecule has 0 N–H and O–H groups in total. The number of hydrogen-bond donors (Lipinski definition) is 0. The second kappa shape index (κ2) is 10.5. The van der Waals surface area contributed by atoms with Gasteiger partial charge in [-0.15, -0.1) is 11.3 Å². The van der Waals surface area contributed by atoms with Crippen LogP contribution in [0.3, 0.4) is 0 Å². The molecule has 2 aliphatic rings. The summed E-state index contributed by atoms with van der Waals surface area (Å²) in [6.45, 7) is 3.33. The van der Waals surface area contributed by atoms with Crippen LogP contribution >= 0.6 is 11.3 Å². The highest BCUT2D eigenvalue weighted by molar-refractivity contribution is 7.21. The predicted octanol–water partition coefficient (Wildman–Crippen LogP) is 11.9. The zero-order valence-corrected chi connectivity index (χ0v) is 28.3. The van der Waals surface area contributed by atoms with Crippen molar-refractivity contribution in [2.24, 2.45) is 0 Å². The third kappa shape index (κ3) is 4.50. The fourth-order valence-electron chi connectivity index (χ4n) is 8.15. The standard InChI is InChI=1S/C44H24F6OS/c1-21-11-25(15-27(13-21)43(45,46)47)37-31-17-23-20-34-32(18-24(23)19-33(31)39-29-7-3-5-9-35(29)51-41(37)39)38(26-12-22(2)14-28(16-26)44(48,49)50)42-40(34)30-8-4-6-10-36(30)52-42/h3-20H,1-2H3. The number of thiophene rings is 1. The largest absolute Gasteiger partial charge is 0.455 e. The van der Waals surface area contributed by atoms with Crippen molar-refractivity contribution >= 4 is 54.3 Å². The monoisotopic (exact) mass is 714 g/mol. The maximum absolute atomic E-state index is 14.1. The third-order valence-corrected chi connectivity index (χ3v) is 11.4. The molecular weight excluding hydrogens is 691 g/mol. The molecule has 10 rings (SSSR count). The first-order valence-electron chi connectivity index (χ1n) is 16.6. The van der Waals surface area contributed by atoms with Crippen LogP contribution in [-0.2, 0) is 12.4 Å². The van der Waals surface area contributed by atoms with Crippen LogP contribution in [0.5, 0.6) is 0 Å². The first kappa shape index (κ1) is 31.2. The Morgan fingerprint density at radius 2 is 1.08 bits per heavy atom. The summed E-state index contributed by atoms with van der Waals surface area (Å²) in [6, 6.07) is 32.0. The van der Waals surface area contributed by atoms with Gasteiger partial charge in [0.05, 0.1) is 11.1 Å². The van der Waals surface area contributed by atoms with Crippen LogP contribution in [0.1, 0.15) is 44.0 Å². The highest BCUT2D eigenvalue weighted by Gasteiger charge is 2.35. The lowest BCUT2D eigenvalue weighted by Gasteiger charge is -2.12. The molecule has 0 bridgehead atoms. The molecule has 0 saturated heterocycles. The van der Waals surface area contributed by atoms with Gasteiger partial charge in [-0.1, -0.05) is 48.5 Å². The van der Waals surface area contributed by atoms with Gasteiger partial charge >= 0.3 is 12.4 Å². The van der Waals surface area contributed by atoms with Crippen molar-refractivity contribution < 1.29 is 30.8 Å². The summed E-state index contributed by atoms with van der Waals surface area (Å²) in [6.07, 6.45) is -9.04. The van der Waals surface area contributed by atoms with E-state index in [1.165, 1.54) is 18.2 Å². The lowest BCUT2D eigenvalue weighted by atomic mass is 9.95. The van der Waals surface area contributed by atoms with Gasteiger partial charge in [0.25, 0.3) is 0 Å². The van der Waals surface area contributed by atoms with E-state index in [0.29, 0.717) is 39.2 Å². The van der Waals surface area contributed by atoms with E-state index < -0.39 is 23.5 Å². The fourth-order valence-corrected chi connectivity index (χ4v) is 9.45. The number of benzene rings is 6. The topological polar surface area (TPSA) is 13.1 Å². The minimum atomic E-state index is -4.53. The first-order valence-corrected chi connectivity index (χ1v) is 17.4. The number of fused-ring (bicyclic) bond motifs is 11. The van der Waals surface area contributed by atoms with Crippen molar-refractivity contribution in [2.75, 3.05) is 0 Å². The molecule has 0 aliphatic heterocycles. The minimum absolute atomic E-state index is 0.411. The van der Waals surface area contributed by atoms with E-state index in [0.717, 1.165) is 75.5 Å². The number of rotatable bonds is 2. The molecule has 8 heteroatoms. The van der Waals surface area contributed by atoms with Crippen molar-refractivity contribution in [3.05, 3.63) is 164 Å². The Labute approximate surface area is 296 Å².